The lowest BCUT2D eigenvalue weighted by molar-refractivity contribution is 0.597. The van der Waals surface area contributed by atoms with Gasteiger partial charge in [0.15, 0.2) is 0 Å². The minimum Gasteiger partial charge on any atom is -0.304 e. The van der Waals surface area contributed by atoms with Gasteiger partial charge in [-0.1, -0.05) is 36.8 Å². The molecule has 1 atom stereocenters. The molecule has 3 nitrogen and oxygen atoms in total. The Morgan fingerprint density at radius 1 is 1.12 bits per heavy atom. The lowest BCUT2D eigenvalue weighted by Gasteiger charge is -2.16. The highest BCUT2D eigenvalue weighted by Gasteiger charge is 2.14. The number of aromatic nitrogens is 2. The van der Waals surface area contributed by atoms with E-state index in [1.807, 2.05) is 6.07 Å². The van der Waals surface area contributed by atoms with Crippen LogP contribution in [-0.4, -0.2) is 16.5 Å². The first-order valence-electron chi connectivity index (χ1n) is 5.88. The second-order valence-corrected chi connectivity index (χ2v) is 4.01. The van der Waals surface area contributed by atoms with Gasteiger partial charge in [-0.2, -0.15) is 0 Å². The Morgan fingerprint density at radius 3 is 2.35 bits per heavy atom. The number of hydrogen-bond donors (Lipinski definition) is 1. The summed E-state index contributed by atoms with van der Waals surface area (Å²) in [5.74, 6) is 0.818. The Morgan fingerprint density at radius 2 is 1.76 bits per heavy atom. The van der Waals surface area contributed by atoms with Crippen molar-refractivity contribution in [3.63, 3.8) is 0 Å². The second kappa shape index (κ2) is 5.55. The van der Waals surface area contributed by atoms with Crippen LogP contribution in [0.4, 0.5) is 0 Å². The maximum atomic E-state index is 4.32. The first-order chi connectivity index (χ1) is 8.31. The van der Waals surface area contributed by atoms with Gasteiger partial charge in [0.2, 0.25) is 0 Å². The van der Waals surface area contributed by atoms with E-state index >= 15 is 0 Å². The molecule has 0 aliphatic heterocycles. The molecule has 1 heterocycles. The second-order valence-electron chi connectivity index (χ2n) is 4.01. The fraction of sp³-hybridized carbons (Fsp3) is 0.286. The minimum absolute atomic E-state index is 0.0711. The lowest BCUT2D eigenvalue weighted by Crippen LogP contribution is -2.23. The first-order valence-corrected chi connectivity index (χ1v) is 5.88. The van der Waals surface area contributed by atoms with Crippen molar-refractivity contribution in [1.82, 2.24) is 15.3 Å². The molecule has 2 rings (SSSR count). The molecule has 0 saturated carbocycles. The molecule has 17 heavy (non-hydrogen) atoms. The molecule has 0 aliphatic carbocycles. The van der Waals surface area contributed by atoms with Crippen LogP contribution >= 0.6 is 0 Å². The van der Waals surface area contributed by atoms with Gasteiger partial charge in [0.05, 0.1) is 6.04 Å². The molecule has 0 amide bonds. The minimum atomic E-state index is 0.0711. The lowest BCUT2D eigenvalue weighted by atomic mass is 10.0. The number of rotatable bonds is 4. The van der Waals surface area contributed by atoms with Gasteiger partial charge in [0, 0.05) is 12.4 Å². The summed E-state index contributed by atoms with van der Waals surface area (Å²) < 4.78 is 0. The summed E-state index contributed by atoms with van der Waals surface area (Å²) in [6.07, 6.45) is 3.56. The van der Waals surface area contributed by atoms with Crippen LogP contribution in [0.2, 0.25) is 0 Å². The van der Waals surface area contributed by atoms with Gasteiger partial charge in [0.1, 0.15) is 5.82 Å². The molecular formula is C14H17N3. The summed E-state index contributed by atoms with van der Waals surface area (Å²) >= 11 is 0. The molecule has 2 aromatic rings. The quantitative estimate of drug-likeness (QED) is 0.872. The Balaban J connectivity index is 2.32. The highest BCUT2D eigenvalue weighted by molar-refractivity contribution is 5.28. The van der Waals surface area contributed by atoms with Crippen molar-refractivity contribution < 1.29 is 0 Å². The van der Waals surface area contributed by atoms with Crippen LogP contribution in [0, 0.1) is 6.92 Å². The molecule has 88 valence electrons. The maximum Gasteiger partial charge on any atom is 0.149 e. The summed E-state index contributed by atoms with van der Waals surface area (Å²) in [4.78, 5) is 8.65. The van der Waals surface area contributed by atoms with E-state index in [4.69, 9.17) is 0 Å². The van der Waals surface area contributed by atoms with Crippen molar-refractivity contribution >= 4 is 0 Å². The third kappa shape index (κ3) is 2.88. The van der Waals surface area contributed by atoms with Crippen molar-refractivity contribution in [3.05, 3.63) is 59.7 Å². The largest absolute Gasteiger partial charge is 0.304 e. The topological polar surface area (TPSA) is 37.8 Å². The van der Waals surface area contributed by atoms with E-state index in [1.54, 1.807) is 12.4 Å². The summed E-state index contributed by atoms with van der Waals surface area (Å²) in [6.45, 7) is 5.06. The monoisotopic (exact) mass is 227 g/mol. The van der Waals surface area contributed by atoms with Gasteiger partial charge in [-0.15, -0.1) is 0 Å². The summed E-state index contributed by atoms with van der Waals surface area (Å²) in [5, 5.41) is 3.41. The Kier molecular flexibility index (Phi) is 3.83. The third-order valence-corrected chi connectivity index (χ3v) is 2.66. The number of benzene rings is 1. The van der Waals surface area contributed by atoms with Crippen molar-refractivity contribution in [2.45, 2.75) is 19.9 Å². The Bertz CT molecular complexity index is 451. The van der Waals surface area contributed by atoms with Gasteiger partial charge in [-0.05, 0) is 25.1 Å². The number of hydrogen-bond acceptors (Lipinski definition) is 3. The van der Waals surface area contributed by atoms with Crippen LogP contribution in [0.3, 0.4) is 0 Å². The third-order valence-electron chi connectivity index (χ3n) is 2.66. The Labute approximate surface area is 102 Å². The van der Waals surface area contributed by atoms with E-state index in [1.165, 1.54) is 11.1 Å². The standard InChI is InChI=1S/C14H17N3/c1-3-15-13(14-16-9-4-10-17-14)12-7-5-11(2)6-8-12/h4-10,13,15H,3H2,1-2H3. The van der Waals surface area contributed by atoms with Gasteiger partial charge in [-0.3, -0.25) is 0 Å². The van der Waals surface area contributed by atoms with Crippen LogP contribution in [0.5, 0.6) is 0 Å². The highest BCUT2D eigenvalue weighted by Crippen LogP contribution is 2.18. The molecule has 0 fully saturated rings. The van der Waals surface area contributed by atoms with Crippen molar-refractivity contribution in [1.29, 1.82) is 0 Å². The highest BCUT2D eigenvalue weighted by atomic mass is 15.0. The van der Waals surface area contributed by atoms with Crippen molar-refractivity contribution in [2.75, 3.05) is 6.54 Å². The molecular weight excluding hydrogens is 210 g/mol. The zero-order valence-corrected chi connectivity index (χ0v) is 10.2. The molecule has 0 bridgehead atoms. The molecule has 1 unspecified atom stereocenters. The maximum absolute atomic E-state index is 4.32. The average molecular weight is 227 g/mol. The van der Waals surface area contributed by atoms with Crippen LogP contribution in [0.1, 0.15) is 29.9 Å². The van der Waals surface area contributed by atoms with E-state index in [-0.39, 0.29) is 6.04 Å². The number of nitrogens with one attached hydrogen (secondary N) is 1. The number of nitrogens with zero attached hydrogens (tertiary/aromatic N) is 2. The average Bonchev–Trinajstić information content (AvgIpc) is 2.38. The molecule has 0 aliphatic rings. The molecule has 1 aromatic carbocycles. The zero-order valence-electron chi connectivity index (χ0n) is 10.2. The molecule has 0 spiro atoms. The van der Waals surface area contributed by atoms with Crippen LogP contribution in [0.15, 0.2) is 42.7 Å². The van der Waals surface area contributed by atoms with Gasteiger partial charge < -0.3 is 5.32 Å². The fourth-order valence-electron chi connectivity index (χ4n) is 1.78. The molecule has 0 radical (unpaired) electrons. The SMILES string of the molecule is CCNC(c1ccc(C)cc1)c1ncccn1. The normalized spacial score (nSPS) is 12.4. The van der Waals surface area contributed by atoms with E-state index in [9.17, 15) is 0 Å². The molecule has 1 aromatic heterocycles. The summed E-state index contributed by atoms with van der Waals surface area (Å²) in [7, 11) is 0. The van der Waals surface area contributed by atoms with E-state index < -0.39 is 0 Å². The van der Waals surface area contributed by atoms with Gasteiger partial charge >= 0.3 is 0 Å². The predicted octanol–water partition coefficient (Wildman–Crippen LogP) is 2.48. The van der Waals surface area contributed by atoms with E-state index in [0.717, 1.165) is 12.4 Å². The predicted molar refractivity (Wildman–Crippen MR) is 68.7 cm³/mol. The van der Waals surface area contributed by atoms with E-state index in [2.05, 4.69) is 53.4 Å². The number of aryl methyl sites for hydroxylation is 1. The zero-order chi connectivity index (χ0) is 12.1. The summed E-state index contributed by atoms with van der Waals surface area (Å²) in [5.41, 5.74) is 2.46. The van der Waals surface area contributed by atoms with Crippen LogP contribution < -0.4 is 5.32 Å². The summed E-state index contributed by atoms with van der Waals surface area (Å²) in [6, 6.07) is 10.4. The first kappa shape index (κ1) is 11.7. The van der Waals surface area contributed by atoms with Crippen LogP contribution in [0.25, 0.3) is 0 Å². The van der Waals surface area contributed by atoms with Crippen LogP contribution in [-0.2, 0) is 0 Å². The van der Waals surface area contributed by atoms with Crippen molar-refractivity contribution in [3.8, 4) is 0 Å². The Hall–Kier alpha value is -1.74. The van der Waals surface area contributed by atoms with Gasteiger partial charge in [-0.25, -0.2) is 9.97 Å². The fourth-order valence-corrected chi connectivity index (χ4v) is 1.78. The van der Waals surface area contributed by atoms with Crippen molar-refractivity contribution in [2.24, 2.45) is 0 Å². The van der Waals surface area contributed by atoms with E-state index in [0.29, 0.717) is 0 Å². The van der Waals surface area contributed by atoms with Gasteiger partial charge in [0.25, 0.3) is 0 Å². The molecule has 1 N–H and O–H groups in total. The molecule has 0 saturated heterocycles. The smallest absolute Gasteiger partial charge is 0.149 e. The molecule has 3 heteroatoms.